The molecule has 0 N–H and O–H groups in total. The predicted molar refractivity (Wildman–Crippen MR) is 127 cm³/mol. The quantitative estimate of drug-likeness (QED) is 0.454. The minimum absolute atomic E-state index is 0.0828. The molecule has 6 heteroatoms. The van der Waals surface area contributed by atoms with Crippen molar-refractivity contribution in [1.29, 1.82) is 0 Å². The van der Waals surface area contributed by atoms with Gasteiger partial charge in [-0.15, -0.1) is 0 Å². The lowest BCUT2D eigenvalue weighted by Gasteiger charge is -2.39. The molecular formula is C27H27FN4O. The highest BCUT2D eigenvalue weighted by Gasteiger charge is 2.30. The van der Waals surface area contributed by atoms with Gasteiger partial charge >= 0.3 is 0 Å². The van der Waals surface area contributed by atoms with Crippen LogP contribution < -0.4 is 0 Å². The number of aryl methyl sites for hydroxylation is 1. The Bertz CT molecular complexity index is 1210. The highest BCUT2D eigenvalue weighted by Crippen LogP contribution is 2.30. The van der Waals surface area contributed by atoms with Crippen molar-refractivity contribution < 1.29 is 9.18 Å². The number of nitrogens with zero attached hydrogens (tertiary/aromatic N) is 4. The van der Waals surface area contributed by atoms with Gasteiger partial charge in [0.25, 0.3) is 5.91 Å². The summed E-state index contributed by atoms with van der Waals surface area (Å²) < 4.78 is 15.5. The average Bonchev–Trinajstić information content (AvgIpc) is 3.23. The first kappa shape index (κ1) is 21.3. The molecule has 0 unspecified atom stereocenters. The molecule has 0 spiro atoms. The number of piperazine rings is 1. The van der Waals surface area contributed by atoms with Crippen molar-refractivity contribution in [3.05, 3.63) is 107 Å². The first-order valence-corrected chi connectivity index (χ1v) is 11.5. The number of benzene rings is 2. The topological polar surface area (TPSA) is 40.9 Å². The van der Waals surface area contributed by atoms with E-state index in [-0.39, 0.29) is 17.8 Å². The first-order valence-electron chi connectivity index (χ1n) is 11.5. The molecule has 1 fully saturated rings. The smallest absolute Gasteiger partial charge is 0.272 e. The van der Waals surface area contributed by atoms with E-state index in [4.69, 9.17) is 0 Å². The summed E-state index contributed by atoms with van der Waals surface area (Å²) in [5, 5.41) is 0. The highest BCUT2D eigenvalue weighted by molar-refractivity contribution is 5.95. The SMILES string of the molecule is CCc1nc2ccc(F)cn2c1C(=O)N1CCN(C(c2ccccc2)c2ccccc2)CC1. The number of hydrogen-bond acceptors (Lipinski definition) is 3. The summed E-state index contributed by atoms with van der Waals surface area (Å²) in [6.45, 7) is 4.71. The van der Waals surface area contributed by atoms with E-state index in [1.807, 2.05) is 24.0 Å². The van der Waals surface area contributed by atoms with E-state index in [1.54, 1.807) is 10.5 Å². The third-order valence-electron chi connectivity index (χ3n) is 6.39. The summed E-state index contributed by atoms with van der Waals surface area (Å²) in [6, 6.07) is 24.1. The second-order valence-electron chi connectivity index (χ2n) is 8.39. The lowest BCUT2D eigenvalue weighted by Crippen LogP contribution is -2.50. The van der Waals surface area contributed by atoms with Crippen LogP contribution in [0.25, 0.3) is 5.65 Å². The number of fused-ring (bicyclic) bond motifs is 1. The van der Waals surface area contributed by atoms with E-state index in [0.29, 0.717) is 36.5 Å². The summed E-state index contributed by atoms with van der Waals surface area (Å²) in [6.07, 6.45) is 1.97. The highest BCUT2D eigenvalue weighted by atomic mass is 19.1. The molecule has 1 saturated heterocycles. The maximum absolute atomic E-state index is 13.9. The normalized spacial score (nSPS) is 14.8. The van der Waals surface area contributed by atoms with Gasteiger partial charge in [0.1, 0.15) is 17.2 Å². The van der Waals surface area contributed by atoms with Gasteiger partial charge in [-0.2, -0.15) is 0 Å². The van der Waals surface area contributed by atoms with Crippen LogP contribution in [0.15, 0.2) is 79.0 Å². The number of pyridine rings is 1. The summed E-state index contributed by atoms with van der Waals surface area (Å²) in [5.41, 5.74) is 4.27. The Kier molecular flexibility index (Phi) is 5.92. The number of carbonyl (C=O) groups excluding carboxylic acids is 1. The average molecular weight is 443 g/mol. The van der Waals surface area contributed by atoms with Crippen molar-refractivity contribution in [1.82, 2.24) is 19.2 Å². The van der Waals surface area contributed by atoms with E-state index < -0.39 is 0 Å². The standard InChI is InChI=1S/C27H27FN4O/c1-2-23-26(32-19-22(28)13-14-24(32)29-23)27(33)31-17-15-30(16-18-31)25(20-9-5-3-6-10-20)21-11-7-4-8-12-21/h3-14,19,25H,2,15-18H2,1H3. The van der Waals surface area contributed by atoms with Gasteiger partial charge in [-0.05, 0) is 29.7 Å². The zero-order valence-electron chi connectivity index (χ0n) is 18.7. The number of rotatable bonds is 5. The number of imidazole rings is 1. The van der Waals surface area contributed by atoms with Crippen LogP contribution in [-0.2, 0) is 6.42 Å². The zero-order valence-corrected chi connectivity index (χ0v) is 18.7. The Balaban J connectivity index is 1.39. The molecule has 5 rings (SSSR count). The van der Waals surface area contributed by atoms with Gasteiger partial charge in [-0.25, -0.2) is 9.37 Å². The van der Waals surface area contributed by atoms with Crippen LogP contribution in [0.5, 0.6) is 0 Å². The third-order valence-corrected chi connectivity index (χ3v) is 6.39. The first-order chi connectivity index (χ1) is 16.2. The fraction of sp³-hybridized carbons (Fsp3) is 0.259. The molecular weight excluding hydrogens is 415 g/mol. The fourth-order valence-corrected chi connectivity index (χ4v) is 4.76. The van der Waals surface area contributed by atoms with Crippen molar-refractivity contribution >= 4 is 11.6 Å². The molecule has 2 aromatic carbocycles. The van der Waals surface area contributed by atoms with Crippen LogP contribution in [0.1, 0.15) is 40.3 Å². The van der Waals surface area contributed by atoms with Gasteiger partial charge in [0.05, 0.1) is 11.7 Å². The van der Waals surface area contributed by atoms with Crippen molar-refractivity contribution in [2.24, 2.45) is 0 Å². The lowest BCUT2D eigenvalue weighted by atomic mass is 9.96. The second kappa shape index (κ2) is 9.16. The fourth-order valence-electron chi connectivity index (χ4n) is 4.76. The summed E-state index contributed by atoms with van der Waals surface area (Å²) in [4.78, 5) is 22.4. The molecule has 1 aliphatic heterocycles. The van der Waals surface area contributed by atoms with Crippen molar-refractivity contribution in [3.8, 4) is 0 Å². The summed E-state index contributed by atoms with van der Waals surface area (Å²) in [5.74, 6) is -0.462. The van der Waals surface area contributed by atoms with Crippen molar-refractivity contribution in [2.75, 3.05) is 26.2 Å². The Morgan fingerprint density at radius 2 is 1.52 bits per heavy atom. The monoisotopic (exact) mass is 442 g/mol. The Morgan fingerprint density at radius 3 is 2.09 bits per heavy atom. The van der Waals surface area contributed by atoms with E-state index in [9.17, 15) is 9.18 Å². The number of aromatic nitrogens is 2. The van der Waals surface area contributed by atoms with Gasteiger partial charge in [0.15, 0.2) is 0 Å². The van der Waals surface area contributed by atoms with E-state index in [2.05, 4.69) is 58.4 Å². The van der Waals surface area contributed by atoms with Crippen molar-refractivity contribution in [2.45, 2.75) is 19.4 Å². The molecule has 3 heterocycles. The Hall–Kier alpha value is -3.51. The summed E-state index contributed by atoms with van der Waals surface area (Å²) in [7, 11) is 0. The molecule has 0 bridgehead atoms. The van der Waals surface area contributed by atoms with Gasteiger partial charge in [0, 0.05) is 32.4 Å². The van der Waals surface area contributed by atoms with Gasteiger partial charge in [-0.3, -0.25) is 14.1 Å². The maximum atomic E-state index is 13.9. The lowest BCUT2D eigenvalue weighted by molar-refractivity contribution is 0.0589. The Morgan fingerprint density at radius 1 is 0.909 bits per heavy atom. The molecule has 0 saturated carbocycles. The van der Waals surface area contributed by atoms with E-state index >= 15 is 0 Å². The molecule has 4 aromatic rings. The van der Waals surface area contributed by atoms with Crippen LogP contribution >= 0.6 is 0 Å². The zero-order chi connectivity index (χ0) is 22.8. The molecule has 1 amide bonds. The van der Waals surface area contributed by atoms with Crippen LogP contribution in [-0.4, -0.2) is 51.3 Å². The predicted octanol–water partition coefficient (Wildman–Crippen LogP) is 4.58. The molecule has 2 aromatic heterocycles. The van der Waals surface area contributed by atoms with Crippen LogP contribution in [0, 0.1) is 5.82 Å². The van der Waals surface area contributed by atoms with Crippen LogP contribution in [0.3, 0.4) is 0 Å². The number of carbonyl (C=O) groups is 1. The van der Waals surface area contributed by atoms with Crippen LogP contribution in [0.2, 0.25) is 0 Å². The van der Waals surface area contributed by atoms with E-state index in [0.717, 1.165) is 13.1 Å². The molecule has 33 heavy (non-hydrogen) atoms. The second-order valence-corrected chi connectivity index (χ2v) is 8.39. The minimum atomic E-state index is -0.380. The molecule has 1 aliphatic rings. The molecule has 5 nitrogen and oxygen atoms in total. The van der Waals surface area contributed by atoms with Gasteiger partial charge in [-0.1, -0.05) is 67.6 Å². The molecule has 0 atom stereocenters. The number of amides is 1. The van der Waals surface area contributed by atoms with Crippen LogP contribution in [0.4, 0.5) is 4.39 Å². The number of halogens is 1. The maximum Gasteiger partial charge on any atom is 0.272 e. The summed E-state index contributed by atoms with van der Waals surface area (Å²) >= 11 is 0. The molecule has 0 radical (unpaired) electrons. The van der Waals surface area contributed by atoms with Gasteiger partial charge in [0.2, 0.25) is 0 Å². The van der Waals surface area contributed by atoms with Crippen molar-refractivity contribution in [3.63, 3.8) is 0 Å². The van der Waals surface area contributed by atoms with Gasteiger partial charge < -0.3 is 4.90 Å². The van der Waals surface area contributed by atoms with E-state index in [1.165, 1.54) is 23.4 Å². The largest absolute Gasteiger partial charge is 0.335 e. The molecule has 0 aliphatic carbocycles. The molecule has 168 valence electrons. The third kappa shape index (κ3) is 4.14. The number of hydrogen-bond donors (Lipinski definition) is 0. The Labute approximate surface area is 193 Å². The minimum Gasteiger partial charge on any atom is -0.335 e.